The summed E-state index contributed by atoms with van der Waals surface area (Å²) >= 11 is 6.07. The maximum atomic E-state index is 13.4. The molecule has 3 aromatic carbocycles. The molecule has 198 valence electrons. The van der Waals surface area contributed by atoms with Gasteiger partial charge < -0.3 is 14.1 Å². The van der Waals surface area contributed by atoms with Crippen molar-refractivity contribution in [3.8, 4) is 0 Å². The van der Waals surface area contributed by atoms with Crippen molar-refractivity contribution < 1.29 is 22.0 Å². The van der Waals surface area contributed by atoms with E-state index in [1.165, 1.54) is 28.8 Å². The number of piperidine rings is 1. The van der Waals surface area contributed by atoms with Crippen molar-refractivity contribution in [1.82, 2.24) is 9.29 Å². The van der Waals surface area contributed by atoms with Gasteiger partial charge in [0.15, 0.2) is 0 Å². The number of para-hydroxylation sites is 1. The average Bonchev–Trinajstić information content (AvgIpc) is 2.93. The number of ether oxygens (including phenoxy) is 1. The molecule has 4 aromatic rings. The van der Waals surface area contributed by atoms with Gasteiger partial charge in [0, 0.05) is 40.8 Å². The van der Waals surface area contributed by atoms with Crippen LogP contribution < -0.4 is 10.7 Å². The van der Waals surface area contributed by atoms with Crippen molar-refractivity contribution >= 4 is 38.2 Å². The molecule has 0 atom stereocenters. The summed E-state index contributed by atoms with van der Waals surface area (Å²) in [7, 11) is -3.68. The third kappa shape index (κ3) is 5.73. The molecule has 0 spiro atoms. The highest BCUT2D eigenvalue weighted by molar-refractivity contribution is 7.89. The zero-order chi connectivity index (χ0) is 26.7. The maximum absolute atomic E-state index is 13.4. The molecule has 38 heavy (non-hydrogen) atoms. The zero-order valence-electron chi connectivity index (χ0n) is 20.3. The number of hydrogen-bond donors (Lipinski definition) is 0. The average molecular weight is 558 g/mol. The number of rotatable bonds is 3. The van der Waals surface area contributed by atoms with Crippen LogP contribution in [0.4, 0.5) is 10.1 Å². The van der Waals surface area contributed by atoms with Gasteiger partial charge in [0.25, 0.3) is 0 Å². The Bertz CT molecular complexity index is 1610. The van der Waals surface area contributed by atoms with Gasteiger partial charge in [-0.25, -0.2) is 17.6 Å². The number of hydrogen-bond acceptors (Lipinski definition) is 7. The van der Waals surface area contributed by atoms with Gasteiger partial charge >= 0.3 is 5.76 Å². The smallest absolute Gasteiger partial charge is 0.416 e. The summed E-state index contributed by atoms with van der Waals surface area (Å²) in [6.45, 7) is 1.79. The fourth-order valence-corrected chi connectivity index (χ4v) is 6.37. The first-order chi connectivity index (χ1) is 18.3. The highest BCUT2D eigenvalue weighted by atomic mass is 35.5. The van der Waals surface area contributed by atoms with Crippen LogP contribution in [0.3, 0.4) is 0 Å². The van der Waals surface area contributed by atoms with E-state index in [-0.39, 0.29) is 10.9 Å². The molecule has 1 fully saturated rings. The van der Waals surface area contributed by atoms with Crippen LogP contribution >= 0.6 is 11.6 Å². The number of aromatic nitrogens is 1. The van der Waals surface area contributed by atoms with Gasteiger partial charge in [0.1, 0.15) is 18.8 Å². The van der Waals surface area contributed by atoms with Crippen LogP contribution in [0.2, 0.25) is 5.02 Å². The van der Waals surface area contributed by atoms with E-state index in [0.29, 0.717) is 49.8 Å². The van der Waals surface area contributed by atoms with E-state index >= 15 is 0 Å². The van der Waals surface area contributed by atoms with Gasteiger partial charge in [0.2, 0.25) is 10.0 Å². The molecule has 0 amide bonds. The lowest BCUT2D eigenvalue weighted by Gasteiger charge is -2.41. The number of halogens is 2. The zero-order valence-corrected chi connectivity index (χ0v) is 21.9. The SMILES string of the molecule is O=S(=O)(c1cccc(F)c1)N1CCC(N2COCc3cc(Cl)ccc32)CC1.O=c1nc2ccccc2co1. The van der Waals surface area contributed by atoms with E-state index in [2.05, 4.69) is 14.3 Å². The highest BCUT2D eigenvalue weighted by Crippen LogP contribution is 2.33. The van der Waals surface area contributed by atoms with E-state index in [4.69, 9.17) is 16.3 Å². The van der Waals surface area contributed by atoms with Crippen molar-refractivity contribution in [2.24, 2.45) is 0 Å². The minimum atomic E-state index is -3.68. The second kappa shape index (κ2) is 11.2. The maximum Gasteiger partial charge on any atom is 0.439 e. The minimum Gasteiger partial charge on any atom is -0.416 e. The van der Waals surface area contributed by atoms with E-state index in [1.54, 1.807) is 6.07 Å². The van der Waals surface area contributed by atoms with Crippen LogP contribution in [-0.4, -0.2) is 43.6 Å². The van der Waals surface area contributed by atoms with Crippen molar-refractivity contribution in [2.45, 2.75) is 30.4 Å². The molecule has 1 saturated heterocycles. The summed E-state index contributed by atoms with van der Waals surface area (Å²) in [5.74, 6) is -1.10. The van der Waals surface area contributed by atoms with Crippen LogP contribution in [0.5, 0.6) is 0 Å². The Balaban J connectivity index is 0.000000222. The van der Waals surface area contributed by atoms with E-state index in [1.807, 2.05) is 36.4 Å². The molecule has 0 unspecified atom stereocenters. The summed E-state index contributed by atoms with van der Waals surface area (Å²) in [6.07, 6.45) is 2.77. The number of anilines is 1. The summed E-state index contributed by atoms with van der Waals surface area (Å²) < 4.78 is 50.7. The molecular weight excluding hydrogens is 533 g/mol. The summed E-state index contributed by atoms with van der Waals surface area (Å²) in [6, 6.07) is 18.4. The topological polar surface area (TPSA) is 93.0 Å². The lowest BCUT2D eigenvalue weighted by molar-refractivity contribution is 0.0988. The molecule has 6 rings (SSSR count). The summed E-state index contributed by atoms with van der Waals surface area (Å²) in [5, 5.41) is 1.52. The van der Waals surface area contributed by atoms with Gasteiger partial charge in [-0.15, -0.1) is 0 Å². The van der Waals surface area contributed by atoms with Crippen LogP contribution in [0.25, 0.3) is 10.9 Å². The molecule has 0 radical (unpaired) electrons. The molecule has 2 aliphatic heterocycles. The molecule has 1 aromatic heterocycles. The van der Waals surface area contributed by atoms with E-state index in [9.17, 15) is 17.6 Å². The van der Waals surface area contributed by atoms with Gasteiger partial charge in [-0.1, -0.05) is 29.8 Å². The molecule has 11 heteroatoms. The van der Waals surface area contributed by atoms with Gasteiger partial charge in [-0.3, -0.25) is 0 Å². The molecule has 8 nitrogen and oxygen atoms in total. The molecule has 0 saturated carbocycles. The van der Waals surface area contributed by atoms with E-state index in [0.717, 1.165) is 22.7 Å². The molecule has 0 aliphatic carbocycles. The van der Waals surface area contributed by atoms with Crippen molar-refractivity contribution in [3.63, 3.8) is 0 Å². The largest absolute Gasteiger partial charge is 0.439 e. The molecular formula is C27H25ClFN3O5S. The van der Waals surface area contributed by atoms with Crippen molar-refractivity contribution in [1.29, 1.82) is 0 Å². The van der Waals surface area contributed by atoms with Crippen LogP contribution in [-0.2, 0) is 21.4 Å². The number of nitrogens with zero attached hydrogens (tertiary/aromatic N) is 3. The Morgan fingerprint density at radius 2 is 1.79 bits per heavy atom. The predicted octanol–water partition coefficient (Wildman–Crippen LogP) is 4.81. The first-order valence-corrected chi connectivity index (χ1v) is 13.9. The fourth-order valence-electron chi connectivity index (χ4n) is 4.67. The Kier molecular flexibility index (Phi) is 7.75. The van der Waals surface area contributed by atoms with Crippen LogP contribution in [0.15, 0.2) is 87.1 Å². The first-order valence-electron chi connectivity index (χ1n) is 12.0. The highest BCUT2D eigenvalue weighted by Gasteiger charge is 2.33. The number of fused-ring (bicyclic) bond motifs is 2. The summed E-state index contributed by atoms with van der Waals surface area (Å²) in [5.41, 5.74) is 2.81. The van der Waals surface area contributed by atoms with Gasteiger partial charge in [-0.05, 0) is 61.4 Å². The Labute approximate surface area is 224 Å². The standard InChI is InChI=1S/C19H20ClFN2O3S.C8H5NO2/c20-15-4-5-19-14(10-15)12-26-13-23(19)17-6-8-22(9-7-17)27(24,25)18-3-1-2-16(21)11-18;10-8-9-7-4-2-1-3-6(7)5-11-8/h1-5,10-11,17H,6-9,12-13H2;1-5H. The van der Waals surface area contributed by atoms with Gasteiger partial charge in [-0.2, -0.15) is 9.29 Å². The Hall–Kier alpha value is -3.31. The lowest BCUT2D eigenvalue weighted by atomic mass is 10.0. The van der Waals surface area contributed by atoms with Crippen LogP contribution in [0, 0.1) is 5.82 Å². The minimum absolute atomic E-state index is 0.00208. The van der Waals surface area contributed by atoms with Gasteiger partial charge in [0.05, 0.1) is 17.0 Å². The predicted molar refractivity (Wildman–Crippen MR) is 142 cm³/mol. The lowest BCUT2D eigenvalue weighted by Crippen LogP contribution is -2.48. The normalized spacial score (nSPS) is 16.5. The monoisotopic (exact) mass is 557 g/mol. The van der Waals surface area contributed by atoms with E-state index < -0.39 is 21.6 Å². The van der Waals surface area contributed by atoms with Crippen LogP contribution in [0.1, 0.15) is 18.4 Å². The fraction of sp³-hybridized carbons (Fsp3) is 0.259. The second-order valence-electron chi connectivity index (χ2n) is 8.99. The van der Waals surface area contributed by atoms with Crippen molar-refractivity contribution in [2.75, 3.05) is 24.7 Å². The molecule has 2 aliphatic rings. The first kappa shape index (κ1) is 26.3. The number of sulfonamides is 1. The number of benzene rings is 3. The summed E-state index contributed by atoms with van der Waals surface area (Å²) in [4.78, 5) is 16.4. The quantitative estimate of drug-likeness (QED) is 0.357. The Morgan fingerprint density at radius 3 is 2.58 bits per heavy atom. The van der Waals surface area contributed by atoms with Crippen molar-refractivity contribution in [3.05, 3.63) is 99.9 Å². The molecule has 0 N–H and O–H groups in total. The third-order valence-electron chi connectivity index (χ3n) is 6.57. The second-order valence-corrected chi connectivity index (χ2v) is 11.4. The Morgan fingerprint density at radius 1 is 1.00 bits per heavy atom. The third-order valence-corrected chi connectivity index (χ3v) is 8.70. The molecule has 3 heterocycles. The molecule has 0 bridgehead atoms.